The first-order valence-corrected chi connectivity index (χ1v) is 4.02. The molecule has 0 amide bonds. The van der Waals surface area contributed by atoms with Crippen molar-refractivity contribution in [1.82, 2.24) is 0 Å². The first-order valence-electron chi connectivity index (χ1n) is 3.23. The second kappa shape index (κ2) is 2.24. The molecular formula is C9H6Br. The van der Waals surface area contributed by atoms with E-state index in [1.807, 2.05) is 12.1 Å². The van der Waals surface area contributed by atoms with E-state index in [1.54, 1.807) is 0 Å². The first kappa shape index (κ1) is 6.17. The van der Waals surface area contributed by atoms with Crippen molar-refractivity contribution in [2.24, 2.45) is 0 Å². The third-order valence-corrected chi connectivity index (χ3v) is 2.46. The number of halogens is 1. The maximum absolute atomic E-state index is 3.48. The van der Waals surface area contributed by atoms with Gasteiger partial charge in [0.25, 0.3) is 0 Å². The van der Waals surface area contributed by atoms with Gasteiger partial charge in [0, 0.05) is 4.48 Å². The molecule has 49 valence electrons. The van der Waals surface area contributed by atoms with Crippen LogP contribution in [0.5, 0.6) is 0 Å². The van der Waals surface area contributed by atoms with Crippen molar-refractivity contribution in [2.45, 2.75) is 6.42 Å². The van der Waals surface area contributed by atoms with E-state index in [0.717, 1.165) is 6.42 Å². The molecule has 2 rings (SSSR count). The van der Waals surface area contributed by atoms with Crippen molar-refractivity contribution in [3.63, 3.8) is 0 Å². The van der Waals surface area contributed by atoms with Crippen LogP contribution in [0.3, 0.4) is 0 Å². The van der Waals surface area contributed by atoms with Gasteiger partial charge in [0.05, 0.1) is 0 Å². The van der Waals surface area contributed by atoms with Gasteiger partial charge >= 0.3 is 0 Å². The van der Waals surface area contributed by atoms with Crippen LogP contribution >= 0.6 is 15.9 Å². The van der Waals surface area contributed by atoms with Gasteiger partial charge in [0.15, 0.2) is 0 Å². The fourth-order valence-corrected chi connectivity index (χ4v) is 1.70. The topological polar surface area (TPSA) is 0 Å². The monoisotopic (exact) mass is 193 g/mol. The Kier molecular flexibility index (Phi) is 1.38. The first-order chi connectivity index (χ1) is 4.88. The number of hydrogen-bond acceptors (Lipinski definition) is 0. The number of allylic oxidation sites excluding steroid dienone is 1. The van der Waals surface area contributed by atoms with E-state index in [1.165, 1.54) is 15.6 Å². The predicted octanol–water partition coefficient (Wildman–Crippen LogP) is 2.78. The van der Waals surface area contributed by atoms with Crippen LogP contribution in [0.15, 0.2) is 24.3 Å². The van der Waals surface area contributed by atoms with Crippen LogP contribution in [0.2, 0.25) is 0 Å². The average molecular weight is 194 g/mol. The fourth-order valence-electron chi connectivity index (χ4n) is 1.17. The predicted molar refractivity (Wildman–Crippen MR) is 45.9 cm³/mol. The molecule has 0 fully saturated rings. The molecule has 1 radical (unpaired) electrons. The van der Waals surface area contributed by atoms with Crippen LogP contribution in [0.1, 0.15) is 11.1 Å². The summed E-state index contributed by atoms with van der Waals surface area (Å²) in [6, 6.07) is 9.14. The van der Waals surface area contributed by atoms with Gasteiger partial charge in [-0.3, -0.25) is 0 Å². The highest BCUT2D eigenvalue weighted by Crippen LogP contribution is 2.30. The van der Waals surface area contributed by atoms with E-state index in [2.05, 4.69) is 34.1 Å². The molecule has 1 aliphatic rings. The van der Waals surface area contributed by atoms with Gasteiger partial charge in [0.2, 0.25) is 0 Å². The van der Waals surface area contributed by atoms with Gasteiger partial charge in [-0.1, -0.05) is 34.1 Å². The normalized spacial score (nSPS) is 14.7. The number of rotatable bonds is 0. The summed E-state index contributed by atoms with van der Waals surface area (Å²) in [4.78, 5) is 0. The second-order valence-electron chi connectivity index (χ2n) is 2.34. The second-order valence-corrected chi connectivity index (χ2v) is 3.19. The molecule has 10 heavy (non-hydrogen) atoms. The Balaban J connectivity index is 2.61. The minimum atomic E-state index is 1.06. The van der Waals surface area contributed by atoms with E-state index >= 15 is 0 Å². The Bertz CT molecular complexity index is 287. The molecule has 0 bridgehead atoms. The molecule has 0 nitrogen and oxygen atoms in total. The molecule has 1 aliphatic carbocycles. The smallest absolute Gasteiger partial charge is 0.0214 e. The third kappa shape index (κ3) is 0.816. The van der Waals surface area contributed by atoms with Crippen LogP contribution in [-0.2, 0) is 6.42 Å². The molecule has 0 aromatic heterocycles. The Morgan fingerprint density at radius 2 is 2.40 bits per heavy atom. The Hall–Kier alpha value is -0.560. The third-order valence-electron chi connectivity index (χ3n) is 1.71. The lowest BCUT2D eigenvalue weighted by Gasteiger charge is -1.95. The molecular weight excluding hydrogens is 188 g/mol. The van der Waals surface area contributed by atoms with Crippen LogP contribution in [0.25, 0.3) is 4.48 Å². The molecule has 0 aliphatic heterocycles. The van der Waals surface area contributed by atoms with Crippen LogP contribution in [0, 0.1) is 6.07 Å². The highest BCUT2D eigenvalue weighted by atomic mass is 79.9. The molecule has 0 heterocycles. The maximum Gasteiger partial charge on any atom is 0.0214 e. The molecule has 1 heteroatoms. The van der Waals surface area contributed by atoms with Crippen LogP contribution < -0.4 is 0 Å². The summed E-state index contributed by atoms with van der Waals surface area (Å²) < 4.78 is 1.21. The SMILES string of the molecule is BrC1=CCc2cc[c]cc21. The highest BCUT2D eigenvalue weighted by Gasteiger charge is 2.09. The Labute approximate surface area is 68.7 Å². The fraction of sp³-hybridized carbons (Fsp3) is 0.111. The molecule has 1 aromatic carbocycles. The van der Waals surface area contributed by atoms with E-state index in [0.29, 0.717) is 0 Å². The summed E-state index contributed by atoms with van der Waals surface area (Å²) in [7, 11) is 0. The van der Waals surface area contributed by atoms with Gasteiger partial charge in [-0.2, -0.15) is 0 Å². The van der Waals surface area contributed by atoms with Gasteiger partial charge in [-0.25, -0.2) is 0 Å². The average Bonchev–Trinajstić information content (AvgIpc) is 2.34. The molecule has 0 spiro atoms. The van der Waals surface area contributed by atoms with Crippen molar-refractivity contribution in [3.05, 3.63) is 41.5 Å². The lowest BCUT2D eigenvalue weighted by atomic mass is 10.1. The summed E-state index contributed by atoms with van der Waals surface area (Å²) in [5, 5.41) is 0. The molecule has 0 saturated carbocycles. The zero-order valence-electron chi connectivity index (χ0n) is 5.39. The van der Waals surface area contributed by atoms with Crippen molar-refractivity contribution in [1.29, 1.82) is 0 Å². The highest BCUT2D eigenvalue weighted by molar-refractivity contribution is 9.15. The van der Waals surface area contributed by atoms with E-state index in [4.69, 9.17) is 0 Å². The minimum absolute atomic E-state index is 1.06. The quantitative estimate of drug-likeness (QED) is 0.595. The Morgan fingerprint density at radius 3 is 3.20 bits per heavy atom. The summed E-state index contributed by atoms with van der Waals surface area (Å²) >= 11 is 3.48. The van der Waals surface area contributed by atoms with Crippen molar-refractivity contribution in [3.8, 4) is 0 Å². The molecule has 0 saturated heterocycles. The van der Waals surface area contributed by atoms with Crippen molar-refractivity contribution in [2.75, 3.05) is 0 Å². The molecule has 0 atom stereocenters. The number of benzene rings is 1. The maximum atomic E-state index is 3.48. The molecule has 0 N–H and O–H groups in total. The summed E-state index contributed by atoms with van der Waals surface area (Å²) in [5.41, 5.74) is 2.69. The summed E-state index contributed by atoms with van der Waals surface area (Å²) in [6.07, 6.45) is 3.24. The van der Waals surface area contributed by atoms with E-state index < -0.39 is 0 Å². The largest absolute Gasteiger partial charge is 0.0652 e. The summed E-state index contributed by atoms with van der Waals surface area (Å²) in [5.74, 6) is 0. The summed E-state index contributed by atoms with van der Waals surface area (Å²) in [6.45, 7) is 0. The van der Waals surface area contributed by atoms with Crippen LogP contribution in [-0.4, -0.2) is 0 Å². The van der Waals surface area contributed by atoms with Gasteiger partial charge < -0.3 is 0 Å². The zero-order chi connectivity index (χ0) is 6.97. The van der Waals surface area contributed by atoms with E-state index in [-0.39, 0.29) is 0 Å². The van der Waals surface area contributed by atoms with Gasteiger partial charge in [-0.15, -0.1) is 0 Å². The number of hydrogen-bond donors (Lipinski definition) is 0. The molecule has 1 aromatic rings. The van der Waals surface area contributed by atoms with Crippen molar-refractivity contribution >= 4 is 20.4 Å². The Morgan fingerprint density at radius 1 is 1.50 bits per heavy atom. The number of fused-ring (bicyclic) bond motifs is 1. The zero-order valence-corrected chi connectivity index (χ0v) is 6.98. The van der Waals surface area contributed by atoms with Gasteiger partial charge in [0.1, 0.15) is 0 Å². The standard InChI is InChI=1S/C9H6Br/c10-9-6-5-7-3-1-2-4-8(7)9/h1,3-4,6H,5H2. The lowest BCUT2D eigenvalue weighted by molar-refractivity contribution is 1.31. The van der Waals surface area contributed by atoms with Crippen molar-refractivity contribution < 1.29 is 0 Å². The van der Waals surface area contributed by atoms with Gasteiger partial charge in [-0.05, 0) is 29.7 Å². The lowest BCUT2D eigenvalue weighted by Crippen LogP contribution is -1.78. The van der Waals surface area contributed by atoms with E-state index in [9.17, 15) is 0 Å². The minimum Gasteiger partial charge on any atom is -0.0652 e. The molecule has 0 unspecified atom stereocenters. The van der Waals surface area contributed by atoms with Crippen LogP contribution in [0.4, 0.5) is 0 Å².